The van der Waals surface area contributed by atoms with Gasteiger partial charge >= 0.3 is 0 Å². The Balaban J connectivity index is 2.42. The van der Waals surface area contributed by atoms with Gasteiger partial charge in [0.1, 0.15) is 6.10 Å². The van der Waals surface area contributed by atoms with Crippen LogP contribution in [0.25, 0.3) is 0 Å². The minimum Gasteiger partial charge on any atom is -0.383 e. The van der Waals surface area contributed by atoms with Gasteiger partial charge in [0.15, 0.2) is 0 Å². The molecule has 1 heterocycles. The summed E-state index contributed by atoms with van der Waals surface area (Å²) in [5.74, 6) is 0. The molecule has 1 N–H and O–H groups in total. The predicted octanol–water partition coefficient (Wildman–Crippen LogP) is 5.77. The van der Waals surface area contributed by atoms with Gasteiger partial charge in [0, 0.05) is 24.4 Å². The summed E-state index contributed by atoms with van der Waals surface area (Å²) < 4.78 is 2.74. The third-order valence-electron chi connectivity index (χ3n) is 2.19. The van der Waals surface area contributed by atoms with E-state index >= 15 is 0 Å². The highest BCUT2D eigenvalue weighted by molar-refractivity contribution is 9.13. The van der Waals surface area contributed by atoms with Gasteiger partial charge in [-0.05, 0) is 56.1 Å². The molecule has 17 heavy (non-hydrogen) atoms. The Morgan fingerprint density at radius 3 is 2.41 bits per heavy atom. The van der Waals surface area contributed by atoms with Crippen LogP contribution in [-0.4, -0.2) is 5.11 Å². The minimum absolute atomic E-state index is 0.608. The van der Waals surface area contributed by atoms with E-state index in [2.05, 4.69) is 47.8 Å². The Hall–Kier alpha value is 0.610. The quantitative estimate of drug-likeness (QED) is 0.602. The predicted molar refractivity (Wildman–Crippen MR) is 82.9 cm³/mol. The van der Waals surface area contributed by atoms with Gasteiger partial charge in [-0.2, -0.15) is 0 Å². The number of hydrogen-bond acceptors (Lipinski definition) is 2. The van der Waals surface area contributed by atoms with Crippen LogP contribution in [0.2, 0.25) is 5.02 Å². The lowest BCUT2D eigenvalue weighted by Crippen LogP contribution is -1.98. The van der Waals surface area contributed by atoms with Gasteiger partial charge in [0.05, 0.1) is 3.79 Å². The van der Waals surface area contributed by atoms with Crippen LogP contribution in [0.5, 0.6) is 0 Å². The maximum atomic E-state index is 10.3. The van der Waals surface area contributed by atoms with Crippen molar-refractivity contribution in [2.45, 2.75) is 6.10 Å². The largest absolute Gasteiger partial charge is 0.383 e. The highest BCUT2D eigenvalue weighted by atomic mass is 79.9. The van der Waals surface area contributed by atoms with Crippen molar-refractivity contribution < 1.29 is 5.11 Å². The average molecular weight is 461 g/mol. The fraction of sp³-hybridized carbons (Fsp3) is 0.0909. The van der Waals surface area contributed by atoms with Crippen molar-refractivity contribution in [3.8, 4) is 0 Å². The molecule has 2 aromatic rings. The fourth-order valence-corrected chi connectivity index (χ4v) is 4.11. The van der Waals surface area contributed by atoms with Crippen molar-refractivity contribution in [2.24, 2.45) is 0 Å². The van der Waals surface area contributed by atoms with Crippen LogP contribution in [-0.2, 0) is 0 Å². The lowest BCUT2D eigenvalue weighted by atomic mass is 10.1. The number of thiophene rings is 1. The molecule has 0 bridgehead atoms. The number of halogens is 4. The molecule has 90 valence electrons. The van der Waals surface area contributed by atoms with Crippen LogP contribution in [0.3, 0.4) is 0 Å². The van der Waals surface area contributed by atoms with E-state index in [1.54, 1.807) is 12.1 Å². The van der Waals surface area contributed by atoms with Crippen molar-refractivity contribution >= 4 is 70.7 Å². The van der Waals surface area contributed by atoms with E-state index in [0.717, 1.165) is 23.2 Å². The summed E-state index contributed by atoms with van der Waals surface area (Å²) in [6, 6.07) is 7.27. The van der Waals surface area contributed by atoms with Gasteiger partial charge in [0.2, 0.25) is 0 Å². The summed E-state index contributed by atoms with van der Waals surface area (Å²) in [7, 11) is 0. The molecule has 0 spiro atoms. The zero-order valence-corrected chi connectivity index (χ0v) is 14.6. The zero-order chi connectivity index (χ0) is 12.6. The average Bonchev–Trinajstić information content (AvgIpc) is 2.62. The van der Waals surface area contributed by atoms with Crippen molar-refractivity contribution in [3.05, 3.63) is 52.5 Å². The topological polar surface area (TPSA) is 20.2 Å². The number of hydrogen-bond donors (Lipinski definition) is 1. The Morgan fingerprint density at radius 2 is 1.82 bits per heavy atom. The summed E-state index contributed by atoms with van der Waals surface area (Å²) in [5, 5.41) is 10.9. The molecule has 0 saturated carbocycles. The molecule has 1 nitrogen and oxygen atoms in total. The van der Waals surface area contributed by atoms with Gasteiger partial charge in [-0.25, -0.2) is 0 Å². The van der Waals surface area contributed by atoms with Crippen LogP contribution in [0, 0.1) is 0 Å². The second kappa shape index (κ2) is 5.72. The second-order valence-corrected chi connectivity index (χ2v) is 7.89. The van der Waals surface area contributed by atoms with Crippen molar-refractivity contribution in [3.63, 3.8) is 0 Å². The summed E-state index contributed by atoms with van der Waals surface area (Å²) in [5.41, 5.74) is 0.763. The van der Waals surface area contributed by atoms with Crippen molar-refractivity contribution in [2.75, 3.05) is 0 Å². The Bertz CT molecular complexity index is 536. The smallest absolute Gasteiger partial charge is 0.114 e. The molecule has 0 saturated heterocycles. The van der Waals surface area contributed by atoms with E-state index in [1.165, 1.54) is 11.3 Å². The van der Waals surface area contributed by atoms with Gasteiger partial charge in [-0.15, -0.1) is 11.3 Å². The van der Waals surface area contributed by atoms with E-state index in [1.807, 2.05) is 12.1 Å². The highest BCUT2D eigenvalue weighted by Gasteiger charge is 2.17. The second-order valence-electron chi connectivity index (χ2n) is 3.34. The lowest BCUT2D eigenvalue weighted by molar-refractivity contribution is 0.223. The van der Waals surface area contributed by atoms with E-state index in [-0.39, 0.29) is 0 Å². The fourth-order valence-electron chi connectivity index (χ4n) is 1.38. The molecule has 0 aliphatic carbocycles. The maximum absolute atomic E-state index is 10.3. The van der Waals surface area contributed by atoms with Gasteiger partial charge in [-0.1, -0.05) is 27.5 Å². The SMILES string of the molecule is OC(c1cc(Br)c(Br)s1)c1cc(Cl)ccc1Br. The first-order chi connectivity index (χ1) is 7.99. The third kappa shape index (κ3) is 3.14. The van der Waals surface area contributed by atoms with Crippen LogP contribution >= 0.6 is 70.7 Å². The number of benzene rings is 1. The van der Waals surface area contributed by atoms with Crippen molar-refractivity contribution in [1.82, 2.24) is 0 Å². The summed E-state index contributed by atoms with van der Waals surface area (Å²) in [6.45, 7) is 0. The molecule has 1 unspecified atom stereocenters. The van der Waals surface area contributed by atoms with Crippen LogP contribution in [0.4, 0.5) is 0 Å². The van der Waals surface area contributed by atoms with E-state index < -0.39 is 6.10 Å². The van der Waals surface area contributed by atoms with Gasteiger partial charge in [0.25, 0.3) is 0 Å². The summed E-state index contributed by atoms with van der Waals surface area (Å²) in [4.78, 5) is 0.853. The monoisotopic (exact) mass is 458 g/mol. The first-order valence-corrected chi connectivity index (χ1v) is 8.14. The first-order valence-electron chi connectivity index (χ1n) is 4.57. The molecule has 0 fully saturated rings. The number of rotatable bonds is 2. The standard InChI is InChI=1S/C11H6Br3ClOS/c12-7-2-1-5(15)3-6(7)10(16)9-4-8(13)11(14)17-9/h1-4,10,16H. The molecular formula is C11H6Br3ClOS. The van der Waals surface area contributed by atoms with Crippen LogP contribution in [0.15, 0.2) is 37.0 Å². The molecule has 2 rings (SSSR count). The Labute approximate surface area is 133 Å². The molecule has 1 aromatic heterocycles. The zero-order valence-electron chi connectivity index (χ0n) is 8.25. The van der Waals surface area contributed by atoms with E-state index in [0.29, 0.717) is 5.02 Å². The molecule has 1 atom stereocenters. The molecule has 0 amide bonds. The maximum Gasteiger partial charge on any atom is 0.114 e. The normalized spacial score (nSPS) is 12.8. The molecule has 6 heteroatoms. The lowest BCUT2D eigenvalue weighted by Gasteiger charge is -2.11. The molecule has 0 radical (unpaired) electrons. The van der Waals surface area contributed by atoms with Gasteiger partial charge < -0.3 is 5.11 Å². The van der Waals surface area contributed by atoms with E-state index in [4.69, 9.17) is 11.6 Å². The van der Waals surface area contributed by atoms with Crippen LogP contribution < -0.4 is 0 Å². The van der Waals surface area contributed by atoms with Crippen LogP contribution in [0.1, 0.15) is 16.5 Å². The summed E-state index contributed by atoms with van der Waals surface area (Å²) in [6.07, 6.45) is -0.685. The van der Waals surface area contributed by atoms with E-state index in [9.17, 15) is 5.11 Å². The minimum atomic E-state index is -0.685. The van der Waals surface area contributed by atoms with Gasteiger partial charge in [-0.3, -0.25) is 0 Å². The molecular weight excluding hydrogens is 455 g/mol. The number of aliphatic hydroxyl groups is 1. The highest BCUT2D eigenvalue weighted by Crippen LogP contribution is 2.39. The Kier molecular flexibility index (Phi) is 4.72. The molecule has 0 aliphatic rings. The van der Waals surface area contributed by atoms with Crippen molar-refractivity contribution in [1.29, 1.82) is 0 Å². The third-order valence-corrected chi connectivity index (χ3v) is 6.45. The molecule has 0 aliphatic heterocycles. The first kappa shape index (κ1) is 14.0. The number of aliphatic hydroxyl groups excluding tert-OH is 1. The Morgan fingerprint density at radius 1 is 1.12 bits per heavy atom. The molecule has 1 aromatic carbocycles. The summed E-state index contributed by atoms with van der Waals surface area (Å²) >= 11 is 17.7.